The lowest BCUT2D eigenvalue weighted by atomic mass is 10.1. The number of nitrogens with one attached hydrogen (secondary N) is 1. The molecular formula is C16H24N2O2. The second kappa shape index (κ2) is 7.29. The molecule has 1 aliphatic heterocycles. The average molecular weight is 276 g/mol. The number of rotatable bonds is 5. The van der Waals surface area contributed by atoms with Gasteiger partial charge in [-0.25, -0.2) is 0 Å². The van der Waals surface area contributed by atoms with Crippen molar-refractivity contribution in [1.29, 1.82) is 0 Å². The molecule has 4 heteroatoms. The largest absolute Gasteiger partial charge is 0.483 e. The summed E-state index contributed by atoms with van der Waals surface area (Å²) in [6.45, 7) is 4.65. The molecule has 1 N–H and O–H groups in total. The molecule has 0 spiro atoms. The quantitative estimate of drug-likeness (QED) is 0.895. The molecule has 0 aromatic heterocycles. The molecule has 1 saturated heterocycles. The van der Waals surface area contributed by atoms with Crippen LogP contribution in [0.1, 0.15) is 30.4 Å². The lowest BCUT2D eigenvalue weighted by Gasteiger charge is -2.27. The minimum Gasteiger partial charge on any atom is -0.483 e. The van der Waals surface area contributed by atoms with Crippen molar-refractivity contribution in [2.75, 3.05) is 26.7 Å². The van der Waals surface area contributed by atoms with E-state index in [0.29, 0.717) is 0 Å². The van der Waals surface area contributed by atoms with E-state index in [1.807, 2.05) is 37.1 Å². The number of nitrogens with zero attached hydrogens (tertiary/aromatic N) is 1. The van der Waals surface area contributed by atoms with Crippen LogP contribution in [-0.2, 0) is 11.3 Å². The number of amides is 1. The molecule has 2 rings (SSSR count). The fourth-order valence-electron chi connectivity index (χ4n) is 2.62. The number of piperidine rings is 1. The molecule has 0 radical (unpaired) electrons. The maximum atomic E-state index is 12.1. The van der Waals surface area contributed by atoms with E-state index in [0.717, 1.165) is 49.4 Å². The molecule has 1 fully saturated rings. The first-order chi connectivity index (χ1) is 9.72. The minimum atomic E-state index is 0.100. The highest BCUT2D eigenvalue weighted by Crippen LogP contribution is 2.23. The molecule has 1 aromatic rings. The van der Waals surface area contributed by atoms with Crippen LogP contribution < -0.4 is 10.1 Å². The molecular weight excluding hydrogens is 252 g/mol. The van der Waals surface area contributed by atoms with E-state index in [9.17, 15) is 4.79 Å². The number of carbonyl (C=O) groups excluding carboxylic acids is 1. The Morgan fingerprint density at radius 1 is 1.30 bits per heavy atom. The van der Waals surface area contributed by atoms with Gasteiger partial charge in [0.25, 0.3) is 5.91 Å². The summed E-state index contributed by atoms with van der Waals surface area (Å²) in [4.78, 5) is 14.1. The van der Waals surface area contributed by atoms with E-state index < -0.39 is 0 Å². The molecule has 110 valence electrons. The zero-order valence-corrected chi connectivity index (χ0v) is 12.4. The van der Waals surface area contributed by atoms with Crippen molar-refractivity contribution < 1.29 is 9.53 Å². The summed E-state index contributed by atoms with van der Waals surface area (Å²) < 4.78 is 5.80. The first kappa shape index (κ1) is 14.9. The Bertz CT molecular complexity index is 454. The summed E-state index contributed by atoms with van der Waals surface area (Å²) in [6.07, 6.45) is 3.46. The molecule has 1 aromatic carbocycles. The molecule has 1 aliphatic rings. The van der Waals surface area contributed by atoms with Gasteiger partial charge < -0.3 is 15.0 Å². The van der Waals surface area contributed by atoms with Crippen LogP contribution in [0, 0.1) is 6.92 Å². The summed E-state index contributed by atoms with van der Waals surface area (Å²) >= 11 is 0. The molecule has 20 heavy (non-hydrogen) atoms. The van der Waals surface area contributed by atoms with Gasteiger partial charge >= 0.3 is 0 Å². The zero-order chi connectivity index (χ0) is 14.4. The number of aryl methyl sites for hydroxylation is 1. The smallest absolute Gasteiger partial charge is 0.260 e. The van der Waals surface area contributed by atoms with E-state index in [1.54, 1.807) is 0 Å². The highest BCUT2D eigenvalue weighted by molar-refractivity contribution is 5.78. The van der Waals surface area contributed by atoms with Crippen molar-refractivity contribution in [3.05, 3.63) is 29.3 Å². The van der Waals surface area contributed by atoms with Crippen LogP contribution in [0.25, 0.3) is 0 Å². The Labute approximate surface area is 121 Å². The average Bonchev–Trinajstić information content (AvgIpc) is 2.47. The van der Waals surface area contributed by atoms with Crippen molar-refractivity contribution in [3.8, 4) is 5.75 Å². The molecule has 0 aliphatic carbocycles. The molecule has 1 amide bonds. The molecule has 0 unspecified atom stereocenters. The Morgan fingerprint density at radius 3 is 2.75 bits per heavy atom. The number of hydrogen-bond donors (Lipinski definition) is 1. The van der Waals surface area contributed by atoms with Gasteiger partial charge in [-0.3, -0.25) is 4.79 Å². The van der Waals surface area contributed by atoms with Gasteiger partial charge in [0.1, 0.15) is 5.75 Å². The van der Waals surface area contributed by atoms with Crippen molar-refractivity contribution in [2.24, 2.45) is 0 Å². The summed E-state index contributed by atoms with van der Waals surface area (Å²) in [5, 5.41) is 3.13. The second-order valence-corrected chi connectivity index (χ2v) is 5.32. The fraction of sp³-hybridized carbons (Fsp3) is 0.562. The first-order valence-corrected chi connectivity index (χ1v) is 7.36. The van der Waals surface area contributed by atoms with Gasteiger partial charge in [-0.05, 0) is 38.8 Å². The van der Waals surface area contributed by atoms with Crippen LogP contribution >= 0.6 is 0 Å². The van der Waals surface area contributed by atoms with Crippen molar-refractivity contribution in [1.82, 2.24) is 10.2 Å². The van der Waals surface area contributed by atoms with Gasteiger partial charge in [-0.1, -0.05) is 18.2 Å². The van der Waals surface area contributed by atoms with E-state index in [2.05, 4.69) is 5.32 Å². The van der Waals surface area contributed by atoms with Crippen molar-refractivity contribution in [3.63, 3.8) is 0 Å². The summed E-state index contributed by atoms with van der Waals surface area (Å²) in [7, 11) is 1.91. The topological polar surface area (TPSA) is 41.6 Å². The summed E-state index contributed by atoms with van der Waals surface area (Å²) in [5.74, 6) is 0.940. The zero-order valence-electron chi connectivity index (χ0n) is 12.4. The molecule has 0 atom stereocenters. The van der Waals surface area contributed by atoms with Crippen LogP contribution in [0.4, 0.5) is 0 Å². The van der Waals surface area contributed by atoms with Crippen LogP contribution in [-0.4, -0.2) is 37.6 Å². The number of benzene rings is 1. The minimum absolute atomic E-state index is 0.100. The van der Waals surface area contributed by atoms with E-state index in [-0.39, 0.29) is 12.5 Å². The number of ether oxygens (including phenoxy) is 1. The molecule has 1 heterocycles. The number of para-hydroxylation sites is 1. The monoisotopic (exact) mass is 276 g/mol. The van der Waals surface area contributed by atoms with E-state index in [1.165, 1.54) is 6.42 Å². The third-order valence-electron chi connectivity index (χ3n) is 3.71. The summed E-state index contributed by atoms with van der Waals surface area (Å²) in [6, 6.07) is 6.06. The maximum Gasteiger partial charge on any atom is 0.260 e. The Kier molecular flexibility index (Phi) is 5.41. The second-order valence-electron chi connectivity index (χ2n) is 5.32. The highest BCUT2D eigenvalue weighted by atomic mass is 16.5. The van der Waals surface area contributed by atoms with E-state index >= 15 is 0 Å². The number of hydrogen-bond acceptors (Lipinski definition) is 3. The molecule has 0 saturated carbocycles. The van der Waals surface area contributed by atoms with Gasteiger partial charge in [0.05, 0.1) is 0 Å². The molecule has 0 bridgehead atoms. The Hall–Kier alpha value is -1.55. The fourth-order valence-corrected chi connectivity index (χ4v) is 2.62. The normalized spacial score (nSPS) is 15.2. The van der Waals surface area contributed by atoms with E-state index in [4.69, 9.17) is 4.74 Å². The SMILES string of the molecule is CNCc1cccc(C)c1OCC(=O)N1CCCCC1. The third kappa shape index (κ3) is 3.73. The number of carbonyl (C=O) groups is 1. The molecule has 4 nitrogen and oxygen atoms in total. The van der Waals surface area contributed by atoms with Gasteiger partial charge in [-0.2, -0.15) is 0 Å². The predicted octanol–water partition coefficient (Wildman–Crippen LogP) is 2.11. The van der Waals surface area contributed by atoms with Crippen LogP contribution in [0.5, 0.6) is 5.75 Å². The van der Waals surface area contributed by atoms with Gasteiger partial charge in [0.15, 0.2) is 6.61 Å². The van der Waals surface area contributed by atoms with Gasteiger partial charge in [0, 0.05) is 25.2 Å². The predicted molar refractivity (Wildman–Crippen MR) is 79.9 cm³/mol. The van der Waals surface area contributed by atoms with Gasteiger partial charge in [-0.15, -0.1) is 0 Å². The first-order valence-electron chi connectivity index (χ1n) is 7.36. The third-order valence-corrected chi connectivity index (χ3v) is 3.71. The summed E-state index contributed by atoms with van der Waals surface area (Å²) in [5.41, 5.74) is 2.17. The Morgan fingerprint density at radius 2 is 2.05 bits per heavy atom. The Balaban J connectivity index is 1.97. The van der Waals surface area contributed by atoms with Crippen LogP contribution in [0.15, 0.2) is 18.2 Å². The van der Waals surface area contributed by atoms with Crippen molar-refractivity contribution in [2.45, 2.75) is 32.7 Å². The number of likely N-dealkylation sites (tertiary alicyclic amines) is 1. The lowest BCUT2D eigenvalue weighted by molar-refractivity contribution is -0.134. The van der Waals surface area contributed by atoms with Crippen molar-refractivity contribution >= 4 is 5.91 Å². The highest BCUT2D eigenvalue weighted by Gasteiger charge is 2.17. The van der Waals surface area contributed by atoms with Crippen LogP contribution in [0.3, 0.4) is 0 Å². The lowest BCUT2D eigenvalue weighted by Crippen LogP contribution is -2.38. The van der Waals surface area contributed by atoms with Crippen LogP contribution in [0.2, 0.25) is 0 Å². The maximum absolute atomic E-state index is 12.1. The standard InChI is InChI=1S/C16H24N2O2/c1-13-7-6-8-14(11-17-2)16(13)20-12-15(19)18-9-4-3-5-10-18/h6-8,17H,3-5,9-12H2,1-2H3. The van der Waals surface area contributed by atoms with Gasteiger partial charge in [0.2, 0.25) is 0 Å².